The third-order valence-corrected chi connectivity index (χ3v) is 8.05. The molecular formula is C17H16BrClN2O3S2. The molecule has 0 unspecified atom stereocenters. The third-order valence-electron chi connectivity index (χ3n) is 3.97. The fraction of sp³-hybridized carbons (Fsp3) is 0.235. The normalized spacial score (nSPS) is 14.4. The number of carbonyl (C=O) groups excluding carboxylic acids is 1. The highest BCUT2D eigenvalue weighted by Crippen LogP contribution is 2.37. The van der Waals surface area contributed by atoms with Crippen molar-refractivity contribution >= 4 is 60.9 Å². The van der Waals surface area contributed by atoms with Gasteiger partial charge < -0.3 is 4.90 Å². The molecule has 0 aromatic heterocycles. The first-order valence-electron chi connectivity index (χ1n) is 7.68. The predicted octanol–water partition coefficient (Wildman–Crippen LogP) is 4.11. The quantitative estimate of drug-likeness (QED) is 0.670. The fourth-order valence-electron chi connectivity index (χ4n) is 2.59. The zero-order chi connectivity index (χ0) is 19.1. The van der Waals surface area contributed by atoms with E-state index >= 15 is 0 Å². The molecule has 0 radical (unpaired) electrons. The van der Waals surface area contributed by atoms with Gasteiger partial charge in [0.1, 0.15) is 0 Å². The van der Waals surface area contributed by atoms with E-state index in [1.54, 1.807) is 40.9 Å². The molecule has 1 heterocycles. The van der Waals surface area contributed by atoms with Gasteiger partial charge in [0.15, 0.2) is 0 Å². The largest absolute Gasteiger partial charge is 0.306 e. The second-order valence-electron chi connectivity index (χ2n) is 5.85. The van der Waals surface area contributed by atoms with E-state index in [-0.39, 0.29) is 10.8 Å². The van der Waals surface area contributed by atoms with E-state index in [0.29, 0.717) is 21.6 Å². The number of amides is 1. The summed E-state index contributed by atoms with van der Waals surface area (Å²) in [6.45, 7) is 0.530. The van der Waals surface area contributed by atoms with Crippen molar-refractivity contribution in [3.8, 4) is 0 Å². The lowest BCUT2D eigenvalue weighted by molar-refractivity contribution is 0.0987. The van der Waals surface area contributed by atoms with Gasteiger partial charge in [0.25, 0.3) is 5.91 Å². The van der Waals surface area contributed by atoms with Crippen LogP contribution in [0.25, 0.3) is 0 Å². The summed E-state index contributed by atoms with van der Waals surface area (Å²) in [5.74, 6) is 0.510. The molecular weight excluding hydrogens is 460 g/mol. The van der Waals surface area contributed by atoms with E-state index in [1.807, 2.05) is 6.07 Å². The molecule has 0 atom stereocenters. The van der Waals surface area contributed by atoms with Gasteiger partial charge in [-0.25, -0.2) is 12.7 Å². The molecule has 9 heteroatoms. The van der Waals surface area contributed by atoms with Crippen LogP contribution in [0.4, 0.5) is 5.69 Å². The Morgan fingerprint density at radius 1 is 1.23 bits per heavy atom. The van der Waals surface area contributed by atoms with Crippen molar-refractivity contribution in [3.63, 3.8) is 0 Å². The second kappa shape index (κ2) is 7.52. The number of rotatable bonds is 3. The van der Waals surface area contributed by atoms with Gasteiger partial charge in [-0.2, -0.15) is 0 Å². The molecule has 2 aromatic rings. The van der Waals surface area contributed by atoms with Gasteiger partial charge >= 0.3 is 0 Å². The summed E-state index contributed by atoms with van der Waals surface area (Å²) in [7, 11) is -0.762. The number of hydrogen-bond donors (Lipinski definition) is 0. The molecule has 1 aliphatic heterocycles. The van der Waals surface area contributed by atoms with Crippen LogP contribution in [0.5, 0.6) is 0 Å². The van der Waals surface area contributed by atoms with Gasteiger partial charge in [-0.1, -0.05) is 11.6 Å². The van der Waals surface area contributed by atoms with Crippen LogP contribution in [-0.2, 0) is 10.0 Å². The highest BCUT2D eigenvalue weighted by atomic mass is 79.9. The highest BCUT2D eigenvalue weighted by molar-refractivity contribution is 9.10. The van der Waals surface area contributed by atoms with Gasteiger partial charge in [-0.15, -0.1) is 11.8 Å². The van der Waals surface area contributed by atoms with Gasteiger partial charge in [-0.05, 0) is 52.3 Å². The second-order valence-corrected chi connectivity index (χ2v) is 10.4. The summed E-state index contributed by atoms with van der Waals surface area (Å²) in [6, 6.07) is 10.1. The number of sulfonamides is 1. The van der Waals surface area contributed by atoms with Gasteiger partial charge in [-0.3, -0.25) is 4.79 Å². The molecule has 1 aliphatic rings. The maximum atomic E-state index is 13.1. The molecule has 0 saturated carbocycles. The summed E-state index contributed by atoms with van der Waals surface area (Å²) in [4.78, 5) is 15.8. The molecule has 0 bridgehead atoms. The van der Waals surface area contributed by atoms with E-state index in [0.717, 1.165) is 20.6 Å². The monoisotopic (exact) mass is 474 g/mol. The minimum Gasteiger partial charge on any atom is -0.306 e. The summed E-state index contributed by atoms with van der Waals surface area (Å²) < 4.78 is 26.5. The first-order chi connectivity index (χ1) is 12.2. The fourth-order valence-corrected chi connectivity index (χ4v) is 5.57. The Kier molecular flexibility index (Phi) is 5.69. The Labute approximate surface area is 170 Å². The zero-order valence-corrected chi connectivity index (χ0v) is 18.0. The summed E-state index contributed by atoms with van der Waals surface area (Å²) in [5, 5.41) is 0.552. The van der Waals surface area contributed by atoms with Crippen molar-refractivity contribution in [3.05, 3.63) is 51.5 Å². The van der Waals surface area contributed by atoms with E-state index < -0.39 is 10.0 Å². The van der Waals surface area contributed by atoms with Crippen molar-refractivity contribution < 1.29 is 13.2 Å². The first-order valence-corrected chi connectivity index (χ1v) is 11.3. The third kappa shape index (κ3) is 3.66. The SMILES string of the molecule is CN(C)S(=O)(=O)c1cc(C(=O)N2CCSc3ccc(Cl)cc32)ccc1Br. The number of halogens is 2. The van der Waals surface area contributed by atoms with Crippen LogP contribution in [-0.4, -0.2) is 45.0 Å². The van der Waals surface area contributed by atoms with Gasteiger partial charge in [0.05, 0.1) is 10.6 Å². The topological polar surface area (TPSA) is 57.7 Å². The molecule has 0 saturated heterocycles. The molecule has 5 nitrogen and oxygen atoms in total. The number of anilines is 1. The van der Waals surface area contributed by atoms with Crippen LogP contribution in [0.15, 0.2) is 50.7 Å². The van der Waals surface area contributed by atoms with Crippen molar-refractivity contribution in [1.29, 1.82) is 0 Å². The van der Waals surface area contributed by atoms with Crippen LogP contribution >= 0.6 is 39.3 Å². The Hall–Kier alpha value is -1.06. The molecule has 0 aliphatic carbocycles. The number of fused-ring (bicyclic) bond motifs is 1. The van der Waals surface area contributed by atoms with Crippen LogP contribution in [0.2, 0.25) is 5.02 Å². The lowest BCUT2D eigenvalue weighted by Crippen LogP contribution is -2.35. The maximum absolute atomic E-state index is 13.1. The number of nitrogens with zero attached hydrogens (tertiary/aromatic N) is 2. The number of carbonyl (C=O) groups is 1. The van der Waals surface area contributed by atoms with Gasteiger partial charge in [0, 0.05) is 46.3 Å². The maximum Gasteiger partial charge on any atom is 0.258 e. The Morgan fingerprint density at radius 2 is 1.96 bits per heavy atom. The molecule has 0 spiro atoms. The van der Waals surface area contributed by atoms with Crippen LogP contribution < -0.4 is 4.90 Å². The Balaban J connectivity index is 2.04. The van der Waals surface area contributed by atoms with Crippen LogP contribution in [0.3, 0.4) is 0 Å². The van der Waals surface area contributed by atoms with Gasteiger partial charge in [0.2, 0.25) is 10.0 Å². The molecule has 26 heavy (non-hydrogen) atoms. The molecule has 0 N–H and O–H groups in total. The standard InChI is InChI=1S/C17H16BrClN2O3S2/c1-20(2)26(23,24)16-9-11(3-5-13(16)18)17(22)21-7-8-25-15-6-4-12(19)10-14(15)21/h3-6,9-10H,7-8H2,1-2H3. The number of hydrogen-bond acceptors (Lipinski definition) is 4. The first kappa shape index (κ1) is 19.7. The highest BCUT2D eigenvalue weighted by Gasteiger charge is 2.27. The lowest BCUT2D eigenvalue weighted by atomic mass is 10.1. The summed E-state index contributed by atoms with van der Waals surface area (Å²) in [6.07, 6.45) is 0. The van der Waals surface area contributed by atoms with Crippen LogP contribution in [0.1, 0.15) is 10.4 Å². The molecule has 2 aromatic carbocycles. The summed E-state index contributed by atoms with van der Waals surface area (Å²) in [5.41, 5.74) is 1.06. The lowest BCUT2D eigenvalue weighted by Gasteiger charge is -2.29. The van der Waals surface area contributed by atoms with Crippen LogP contribution in [0, 0.1) is 0 Å². The van der Waals surface area contributed by atoms with E-state index in [4.69, 9.17) is 11.6 Å². The van der Waals surface area contributed by atoms with Crippen molar-refractivity contribution in [2.24, 2.45) is 0 Å². The molecule has 0 fully saturated rings. The zero-order valence-electron chi connectivity index (χ0n) is 14.1. The minimum absolute atomic E-state index is 0.0612. The molecule has 1 amide bonds. The molecule has 138 valence electrons. The van der Waals surface area contributed by atoms with E-state index in [2.05, 4.69) is 15.9 Å². The number of thioether (sulfide) groups is 1. The number of benzene rings is 2. The average molecular weight is 476 g/mol. The minimum atomic E-state index is -3.67. The molecule has 3 rings (SSSR count). The average Bonchev–Trinajstić information content (AvgIpc) is 2.60. The predicted molar refractivity (Wildman–Crippen MR) is 109 cm³/mol. The van der Waals surface area contributed by atoms with E-state index in [1.165, 1.54) is 20.2 Å². The van der Waals surface area contributed by atoms with Crippen molar-refractivity contribution in [2.45, 2.75) is 9.79 Å². The van der Waals surface area contributed by atoms with Crippen molar-refractivity contribution in [1.82, 2.24) is 4.31 Å². The Morgan fingerprint density at radius 3 is 2.65 bits per heavy atom. The van der Waals surface area contributed by atoms with E-state index in [9.17, 15) is 13.2 Å². The smallest absolute Gasteiger partial charge is 0.258 e. The Bertz CT molecular complexity index is 980. The van der Waals surface area contributed by atoms with Crippen molar-refractivity contribution in [2.75, 3.05) is 31.3 Å². The summed E-state index contributed by atoms with van der Waals surface area (Å²) >= 11 is 11.0.